The summed E-state index contributed by atoms with van der Waals surface area (Å²) in [4.78, 5) is 31.9. The van der Waals surface area contributed by atoms with E-state index in [4.69, 9.17) is 9.47 Å². The van der Waals surface area contributed by atoms with Crippen molar-refractivity contribution < 1.29 is 19.1 Å². The Bertz CT molecular complexity index is 1070. The van der Waals surface area contributed by atoms with Gasteiger partial charge in [-0.05, 0) is 30.3 Å². The number of benzene rings is 2. The zero-order valence-electron chi connectivity index (χ0n) is 15.4. The maximum atomic E-state index is 12.4. The average Bonchev–Trinajstić information content (AvgIpc) is 3.16. The van der Waals surface area contributed by atoms with E-state index < -0.39 is 5.91 Å². The van der Waals surface area contributed by atoms with Crippen molar-refractivity contribution in [2.24, 2.45) is 0 Å². The summed E-state index contributed by atoms with van der Waals surface area (Å²) in [5.41, 5.74) is 2.04. The van der Waals surface area contributed by atoms with Crippen molar-refractivity contribution in [1.82, 2.24) is 9.97 Å². The molecule has 0 saturated heterocycles. The quantitative estimate of drug-likeness (QED) is 0.612. The normalized spacial score (nSPS) is 11.6. The Balaban J connectivity index is 1.41. The van der Waals surface area contributed by atoms with Gasteiger partial charge >= 0.3 is 0 Å². The maximum absolute atomic E-state index is 12.4. The van der Waals surface area contributed by atoms with Crippen LogP contribution in [0.3, 0.4) is 0 Å². The number of amides is 2. The van der Waals surface area contributed by atoms with Gasteiger partial charge in [0.15, 0.2) is 11.5 Å². The number of rotatable bonds is 5. The van der Waals surface area contributed by atoms with E-state index in [0.29, 0.717) is 28.7 Å². The molecule has 1 aliphatic rings. The molecule has 2 heterocycles. The maximum Gasteiger partial charge on any atom is 0.275 e. The fourth-order valence-corrected chi connectivity index (χ4v) is 2.71. The van der Waals surface area contributed by atoms with Gasteiger partial charge in [0.1, 0.15) is 11.5 Å². The molecule has 3 N–H and O–H groups in total. The zero-order valence-corrected chi connectivity index (χ0v) is 15.4. The Morgan fingerprint density at radius 1 is 0.897 bits per heavy atom. The molecule has 0 bridgehead atoms. The zero-order chi connectivity index (χ0) is 20.2. The van der Waals surface area contributed by atoms with E-state index in [1.807, 2.05) is 6.07 Å². The largest absolute Gasteiger partial charge is 0.454 e. The van der Waals surface area contributed by atoms with Crippen LogP contribution in [-0.2, 0) is 4.79 Å². The molecule has 0 aliphatic carbocycles. The van der Waals surface area contributed by atoms with Crippen molar-refractivity contribution in [1.29, 1.82) is 0 Å². The van der Waals surface area contributed by atoms with Gasteiger partial charge in [0.05, 0.1) is 12.4 Å². The lowest BCUT2D eigenvalue weighted by molar-refractivity contribution is -0.114. The second-order valence-electron chi connectivity index (χ2n) is 6.20. The fraction of sp³-hybridized carbons (Fsp3) is 0.100. The first kappa shape index (κ1) is 18.2. The van der Waals surface area contributed by atoms with Crippen molar-refractivity contribution in [3.8, 4) is 11.5 Å². The van der Waals surface area contributed by atoms with Crippen LogP contribution in [-0.4, -0.2) is 28.6 Å². The van der Waals surface area contributed by atoms with E-state index in [9.17, 15) is 9.59 Å². The van der Waals surface area contributed by atoms with E-state index in [-0.39, 0.29) is 18.4 Å². The van der Waals surface area contributed by atoms with Crippen molar-refractivity contribution in [3.05, 3.63) is 60.6 Å². The van der Waals surface area contributed by atoms with Gasteiger partial charge < -0.3 is 25.4 Å². The van der Waals surface area contributed by atoms with Crippen molar-refractivity contribution in [2.45, 2.75) is 6.92 Å². The van der Waals surface area contributed by atoms with Crippen molar-refractivity contribution in [2.75, 3.05) is 22.7 Å². The van der Waals surface area contributed by atoms with Gasteiger partial charge in [-0.25, -0.2) is 9.97 Å². The van der Waals surface area contributed by atoms with Crippen LogP contribution in [0.1, 0.15) is 17.4 Å². The molecule has 4 rings (SSSR count). The molecule has 9 nitrogen and oxygen atoms in total. The van der Waals surface area contributed by atoms with E-state index in [1.165, 1.54) is 19.3 Å². The average molecular weight is 391 g/mol. The van der Waals surface area contributed by atoms with Gasteiger partial charge in [-0.1, -0.05) is 6.07 Å². The van der Waals surface area contributed by atoms with E-state index in [0.717, 1.165) is 5.69 Å². The fourth-order valence-electron chi connectivity index (χ4n) is 2.71. The number of aromatic nitrogens is 2. The van der Waals surface area contributed by atoms with E-state index in [2.05, 4.69) is 25.9 Å². The lowest BCUT2D eigenvalue weighted by Gasteiger charge is -2.09. The Hall–Kier alpha value is -4.14. The van der Waals surface area contributed by atoms with Gasteiger partial charge in [-0.3, -0.25) is 9.59 Å². The predicted octanol–water partition coefficient (Wildman–Crippen LogP) is 3.16. The number of nitrogens with one attached hydrogen (secondary N) is 3. The monoisotopic (exact) mass is 391 g/mol. The highest BCUT2D eigenvalue weighted by Gasteiger charge is 2.14. The number of carbonyl (C=O) groups is 2. The van der Waals surface area contributed by atoms with Gasteiger partial charge in [0.2, 0.25) is 12.7 Å². The Morgan fingerprint density at radius 3 is 2.45 bits per heavy atom. The Labute approximate surface area is 166 Å². The van der Waals surface area contributed by atoms with E-state index in [1.54, 1.807) is 36.4 Å². The molecular formula is C20H17N5O4. The van der Waals surface area contributed by atoms with Crippen LogP contribution in [0.25, 0.3) is 0 Å². The van der Waals surface area contributed by atoms with Gasteiger partial charge in [0.25, 0.3) is 5.91 Å². The van der Waals surface area contributed by atoms with Crippen LogP contribution >= 0.6 is 0 Å². The molecule has 0 unspecified atom stereocenters. The molecular weight excluding hydrogens is 374 g/mol. The molecule has 1 aliphatic heterocycles. The third-order valence-corrected chi connectivity index (χ3v) is 3.97. The molecule has 0 fully saturated rings. The summed E-state index contributed by atoms with van der Waals surface area (Å²) < 4.78 is 10.6. The molecule has 3 aromatic rings. The predicted molar refractivity (Wildman–Crippen MR) is 107 cm³/mol. The van der Waals surface area contributed by atoms with Crippen LogP contribution in [0.2, 0.25) is 0 Å². The van der Waals surface area contributed by atoms with Gasteiger partial charge in [0, 0.05) is 30.1 Å². The number of hydrogen-bond donors (Lipinski definition) is 3. The molecule has 1 aromatic heterocycles. The molecule has 0 saturated carbocycles. The number of carbonyl (C=O) groups excluding carboxylic acids is 2. The Kier molecular flexibility index (Phi) is 4.93. The summed E-state index contributed by atoms with van der Waals surface area (Å²) in [5.74, 6) is 1.22. The lowest BCUT2D eigenvalue weighted by atomic mass is 10.2. The summed E-state index contributed by atoms with van der Waals surface area (Å²) in [6.45, 7) is 1.62. The molecule has 0 radical (unpaired) electrons. The third kappa shape index (κ3) is 4.41. The minimum Gasteiger partial charge on any atom is -0.454 e. The number of nitrogens with zero attached hydrogens (tertiary/aromatic N) is 2. The topological polar surface area (TPSA) is 114 Å². The summed E-state index contributed by atoms with van der Waals surface area (Å²) >= 11 is 0. The standard InChI is InChI=1S/C20H17N5O4/c1-12(26)23-13-3-2-4-14(7-13)25-20(27)16-9-22-19(10-21-16)24-15-5-6-17-18(8-15)29-11-28-17/h2-10H,11H2,1H3,(H,22,24)(H,23,26)(H,25,27). The number of ether oxygens (including phenoxy) is 2. The molecule has 2 amide bonds. The minimum absolute atomic E-state index is 0.158. The second-order valence-corrected chi connectivity index (χ2v) is 6.20. The third-order valence-electron chi connectivity index (χ3n) is 3.97. The van der Waals surface area contributed by atoms with E-state index >= 15 is 0 Å². The van der Waals surface area contributed by atoms with Crippen LogP contribution < -0.4 is 25.4 Å². The van der Waals surface area contributed by atoms with Crippen LogP contribution in [0.15, 0.2) is 54.9 Å². The molecule has 0 spiro atoms. The Morgan fingerprint density at radius 2 is 1.69 bits per heavy atom. The van der Waals surface area contributed by atoms with Crippen molar-refractivity contribution in [3.63, 3.8) is 0 Å². The highest BCUT2D eigenvalue weighted by Crippen LogP contribution is 2.34. The molecule has 9 heteroatoms. The molecule has 146 valence electrons. The SMILES string of the molecule is CC(=O)Nc1cccc(NC(=O)c2cnc(Nc3ccc4c(c3)OCO4)cn2)c1. The lowest BCUT2D eigenvalue weighted by Crippen LogP contribution is -2.14. The van der Waals surface area contributed by atoms with Crippen molar-refractivity contribution >= 4 is 34.7 Å². The number of anilines is 4. The second kappa shape index (κ2) is 7.85. The first-order valence-electron chi connectivity index (χ1n) is 8.74. The highest BCUT2D eigenvalue weighted by molar-refractivity contribution is 6.03. The first-order valence-corrected chi connectivity index (χ1v) is 8.74. The van der Waals surface area contributed by atoms with Crippen LogP contribution in [0.4, 0.5) is 22.9 Å². The van der Waals surface area contributed by atoms with Crippen LogP contribution in [0, 0.1) is 0 Å². The smallest absolute Gasteiger partial charge is 0.275 e. The minimum atomic E-state index is -0.410. The summed E-state index contributed by atoms with van der Waals surface area (Å²) in [6, 6.07) is 12.3. The van der Waals surface area contributed by atoms with Gasteiger partial charge in [-0.15, -0.1) is 0 Å². The summed E-state index contributed by atoms with van der Waals surface area (Å²) in [6.07, 6.45) is 2.84. The summed E-state index contributed by atoms with van der Waals surface area (Å²) in [5, 5.41) is 8.48. The molecule has 0 atom stereocenters. The molecule has 29 heavy (non-hydrogen) atoms. The summed E-state index contributed by atoms with van der Waals surface area (Å²) in [7, 11) is 0. The number of fused-ring (bicyclic) bond motifs is 1. The van der Waals surface area contributed by atoms with Gasteiger partial charge in [-0.2, -0.15) is 0 Å². The first-order chi connectivity index (χ1) is 14.1. The molecule has 2 aromatic carbocycles. The van der Waals surface area contributed by atoms with Crippen LogP contribution in [0.5, 0.6) is 11.5 Å². The highest BCUT2D eigenvalue weighted by atomic mass is 16.7. The number of hydrogen-bond acceptors (Lipinski definition) is 7.